The van der Waals surface area contributed by atoms with Crippen molar-refractivity contribution in [3.05, 3.63) is 21.9 Å². The largest absolute Gasteiger partial charge is 0.481 e. The Bertz CT molecular complexity index is 595. The first kappa shape index (κ1) is 17.2. The number of ether oxygens (including phenoxy) is 1. The van der Waals surface area contributed by atoms with Crippen molar-refractivity contribution in [1.82, 2.24) is 10.6 Å². The van der Waals surface area contributed by atoms with Crippen LogP contribution in [0.2, 0.25) is 0 Å². The van der Waals surface area contributed by atoms with Crippen molar-refractivity contribution in [3.63, 3.8) is 0 Å². The van der Waals surface area contributed by atoms with E-state index in [0.29, 0.717) is 32.3 Å². The molecule has 1 aliphatic carbocycles. The van der Waals surface area contributed by atoms with Crippen LogP contribution in [-0.4, -0.2) is 35.8 Å². The Morgan fingerprint density at radius 1 is 1.33 bits per heavy atom. The third-order valence-corrected chi connectivity index (χ3v) is 5.93. The lowest BCUT2D eigenvalue weighted by atomic mass is 9.86. The van der Waals surface area contributed by atoms with Crippen LogP contribution in [0, 0.1) is 5.92 Å². The fraction of sp³-hybridized carbons (Fsp3) is 0.647. The molecule has 24 heavy (non-hydrogen) atoms. The predicted molar refractivity (Wildman–Crippen MR) is 91.2 cm³/mol. The Balaban J connectivity index is 1.48. The van der Waals surface area contributed by atoms with Crippen LogP contribution in [0.4, 0.5) is 4.79 Å². The summed E-state index contributed by atoms with van der Waals surface area (Å²) in [6.45, 7) is 2.64. The molecule has 1 saturated carbocycles. The number of rotatable bonds is 4. The number of urea groups is 1. The maximum atomic E-state index is 12.2. The van der Waals surface area contributed by atoms with E-state index in [1.54, 1.807) is 11.3 Å². The molecule has 6 nitrogen and oxygen atoms in total. The molecular formula is C17H24N2O4S. The second-order valence-corrected chi connectivity index (χ2v) is 7.63. The molecule has 2 amide bonds. The van der Waals surface area contributed by atoms with Crippen LogP contribution in [0.1, 0.15) is 49.2 Å². The number of aliphatic carboxylic acids is 1. The molecule has 1 aromatic heterocycles. The minimum absolute atomic E-state index is 0.0526. The number of fused-ring (bicyclic) bond motifs is 1. The third kappa shape index (κ3) is 3.89. The van der Waals surface area contributed by atoms with E-state index < -0.39 is 5.97 Å². The van der Waals surface area contributed by atoms with Crippen molar-refractivity contribution in [2.24, 2.45) is 5.92 Å². The SMILES string of the molecule is CC(NC(=O)NC1CCC(C(=O)O)CC1)C1OCCc2sccc21. The van der Waals surface area contributed by atoms with E-state index in [2.05, 4.69) is 22.1 Å². The molecule has 7 heteroatoms. The van der Waals surface area contributed by atoms with Crippen molar-refractivity contribution < 1.29 is 19.4 Å². The smallest absolute Gasteiger partial charge is 0.315 e. The Labute approximate surface area is 145 Å². The highest BCUT2D eigenvalue weighted by Crippen LogP contribution is 2.33. The molecule has 1 fully saturated rings. The van der Waals surface area contributed by atoms with Gasteiger partial charge in [-0.05, 0) is 49.6 Å². The van der Waals surface area contributed by atoms with Crippen LogP contribution in [0.5, 0.6) is 0 Å². The van der Waals surface area contributed by atoms with E-state index in [0.717, 1.165) is 6.42 Å². The van der Waals surface area contributed by atoms with Crippen LogP contribution < -0.4 is 10.6 Å². The second kappa shape index (κ2) is 7.53. The molecule has 1 aliphatic heterocycles. The maximum absolute atomic E-state index is 12.2. The monoisotopic (exact) mass is 352 g/mol. The van der Waals surface area contributed by atoms with Crippen molar-refractivity contribution in [2.75, 3.05) is 6.61 Å². The summed E-state index contributed by atoms with van der Waals surface area (Å²) >= 11 is 1.74. The summed E-state index contributed by atoms with van der Waals surface area (Å²) in [5.74, 6) is -0.995. The first-order valence-corrected chi connectivity index (χ1v) is 9.40. The van der Waals surface area contributed by atoms with Gasteiger partial charge in [-0.15, -0.1) is 11.3 Å². The van der Waals surface area contributed by atoms with E-state index in [9.17, 15) is 9.59 Å². The molecule has 0 aromatic carbocycles. The summed E-state index contributed by atoms with van der Waals surface area (Å²) in [6.07, 6.45) is 3.52. The zero-order chi connectivity index (χ0) is 17.1. The zero-order valence-corrected chi connectivity index (χ0v) is 14.6. The first-order chi connectivity index (χ1) is 11.5. The number of nitrogens with one attached hydrogen (secondary N) is 2. The lowest BCUT2D eigenvalue weighted by Crippen LogP contribution is -2.48. The summed E-state index contributed by atoms with van der Waals surface area (Å²) in [5, 5.41) is 17.0. The molecule has 0 bridgehead atoms. The molecule has 2 atom stereocenters. The van der Waals surface area contributed by atoms with Gasteiger partial charge < -0.3 is 20.5 Å². The van der Waals surface area contributed by atoms with Crippen LogP contribution in [0.15, 0.2) is 11.4 Å². The van der Waals surface area contributed by atoms with Gasteiger partial charge in [0, 0.05) is 17.3 Å². The minimum atomic E-state index is -0.729. The summed E-state index contributed by atoms with van der Waals surface area (Å²) in [6, 6.07) is 1.81. The lowest BCUT2D eigenvalue weighted by molar-refractivity contribution is -0.142. The molecule has 3 N–H and O–H groups in total. The lowest BCUT2D eigenvalue weighted by Gasteiger charge is -2.31. The second-order valence-electron chi connectivity index (χ2n) is 6.63. The summed E-state index contributed by atoms with van der Waals surface area (Å²) < 4.78 is 5.85. The third-order valence-electron chi connectivity index (χ3n) is 4.94. The van der Waals surface area contributed by atoms with Gasteiger partial charge in [-0.3, -0.25) is 4.79 Å². The number of hydrogen-bond acceptors (Lipinski definition) is 4. The summed E-state index contributed by atoms with van der Waals surface area (Å²) in [7, 11) is 0. The van der Waals surface area contributed by atoms with Gasteiger partial charge in [0.2, 0.25) is 0 Å². The van der Waals surface area contributed by atoms with Gasteiger partial charge in [0.05, 0.1) is 18.6 Å². The molecular weight excluding hydrogens is 328 g/mol. The standard InChI is InChI=1S/C17H24N2O4S/c1-10(15-13-7-9-24-14(13)6-8-23-15)18-17(22)19-12-4-2-11(3-5-12)16(20)21/h7,9-12,15H,2-6,8H2,1H3,(H,20,21)(H2,18,19,22). The highest BCUT2D eigenvalue weighted by Gasteiger charge is 2.30. The average Bonchev–Trinajstić information content (AvgIpc) is 3.03. The van der Waals surface area contributed by atoms with E-state index in [4.69, 9.17) is 9.84 Å². The highest BCUT2D eigenvalue weighted by molar-refractivity contribution is 7.10. The molecule has 2 heterocycles. The van der Waals surface area contributed by atoms with Gasteiger partial charge in [-0.25, -0.2) is 4.79 Å². The van der Waals surface area contributed by atoms with Gasteiger partial charge in [-0.2, -0.15) is 0 Å². The number of carbonyl (C=O) groups excluding carboxylic acids is 1. The van der Waals surface area contributed by atoms with Crippen LogP contribution in [-0.2, 0) is 16.0 Å². The minimum Gasteiger partial charge on any atom is -0.481 e. The number of amides is 2. The molecule has 3 rings (SSSR count). The van der Waals surface area contributed by atoms with Crippen molar-refractivity contribution in [3.8, 4) is 0 Å². The Kier molecular flexibility index (Phi) is 5.40. The number of carboxylic acids is 1. The van der Waals surface area contributed by atoms with Gasteiger partial charge in [0.25, 0.3) is 0 Å². The molecule has 0 radical (unpaired) electrons. The normalized spacial score (nSPS) is 27.8. The molecule has 0 spiro atoms. The van der Waals surface area contributed by atoms with Gasteiger partial charge in [0.15, 0.2) is 0 Å². The van der Waals surface area contributed by atoms with Crippen LogP contribution in [0.25, 0.3) is 0 Å². The van der Waals surface area contributed by atoms with Crippen molar-refractivity contribution in [2.45, 2.75) is 57.2 Å². The molecule has 2 aliphatic rings. The number of hydrogen-bond donors (Lipinski definition) is 3. The quantitative estimate of drug-likeness (QED) is 0.777. The molecule has 1 aromatic rings. The van der Waals surface area contributed by atoms with E-state index in [-0.39, 0.29) is 30.1 Å². The fourth-order valence-corrected chi connectivity index (χ4v) is 4.48. The number of thiophene rings is 1. The van der Waals surface area contributed by atoms with Crippen LogP contribution in [0.3, 0.4) is 0 Å². The Hall–Kier alpha value is -1.60. The number of carbonyl (C=O) groups is 2. The first-order valence-electron chi connectivity index (χ1n) is 8.52. The van der Waals surface area contributed by atoms with Crippen molar-refractivity contribution >= 4 is 23.3 Å². The van der Waals surface area contributed by atoms with E-state index in [1.165, 1.54) is 10.4 Å². The molecule has 2 unspecified atom stereocenters. The van der Waals surface area contributed by atoms with E-state index in [1.807, 2.05) is 6.92 Å². The maximum Gasteiger partial charge on any atom is 0.315 e. The molecule has 0 saturated heterocycles. The van der Waals surface area contributed by atoms with Gasteiger partial charge in [-0.1, -0.05) is 0 Å². The zero-order valence-electron chi connectivity index (χ0n) is 13.8. The number of carboxylic acid groups (broad SMARTS) is 1. The van der Waals surface area contributed by atoms with Gasteiger partial charge in [0.1, 0.15) is 6.10 Å². The van der Waals surface area contributed by atoms with E-state index >= 15 is 0 Å². The summed E-state index contributed by atoms with van der Waals surface area (Å²) in [5.41, 5.74) is 1.18. The highest BCUT2D eigenvalue weighted by atomic mass is 32.1. The topological polar surface area (TPSA) is 87.7 Å². The Morgan fingerprint density at radius 2 is 2.08 bits per heavy atom. The Morgan fingerprint density at radius 3 is 2.79 bits per heavy atom. The van der Waals surface area contributed by atoms with Crippen LogP contribution >= 0.6 is 11.3 Å². The summed E-state index contributed by atoms with van der Waals surface area (Å²) in [4.78, 5) is 24.5. The fourth-order valence-electron chi connectivity index (χ4n) is 3.58. The van der Waals surface area contributed by atoms with Crippen molar-refractivity contribution in [1.29, 1.82) is 0 Å². The average molecular weight is 352 g/mol. The molecule has 132 valence electrons. The van der Waals surface area contributed by atoms with Gasteiger partial charge >= 0.3 is 12.0 Å². The predicted octanol–water partition coefficient (Wildman–Crippen LogP) is 2.69.